The molecule has 8 nitrogen and oxygen atoms in total. The van der Waals surface area contributed by atoms with Crippen molar-refractivity contribution in [2.45, 2.75) is 18.6 Å². The third kappa shape index (κ3) is 3.25. The van der Waals surface area contributed by atoms with Crippen molar-refractivity contribution in [3.8, 4) is 0 Å². The van der Waals surface area contributed by atoms with Crippen LogP contribution in [0.15, 0.2) is 54.7 Å². The van der Waals surface area contributed by atoms with Gasteiger partial charge in [-0.3, -0.25) is 9.59 Å². The van der Waals surface area contributed by atoms with Crippen molar-refractivity contribution in [2.75, 3.05) is 26.2 Å². The molecule has 0 bridgehead atoms. The third-order valence-electron chi connectivity index (χ3n) is 5.68. The van der Waals surface area contributed by atoms with Crippen LogP contribution in [-0.4, -0.2) is 68.3 Å². The summed E-state index contributed by atoms with van der Waals surface area (Å²) in [6, 6.07) is 15.4. The summed E-state index contributed by atoms with van der Waals surface area (Å²) < 4.78 is 7.56. The van der Waals surface area contributed by atoms with E-state index in [0.717, 1.165) is 5.56 Å². The highest BCUT2D eigenvalue weighted by atomic mass is 16.5. The normalized spacial score (nSPS) is 22.0. The van der Waals surface area contributed by atoms with Crippen LogP contribution in [-0.2, 0) is 16.1 Å². The molecule has 2 fully saturated rings. The Morgan fingerprint density at radius 1 is 1.10 bits per heavy atom. The maximum Gasteiger partial charge on any atom is 0.276 e. The molecule has 4 heterocycles. The molecule has 1 atom stereocenters. The molecule has 2 amide bonds. The van der Waals surface area contributed by atoms with E-state index in [1.165, 1.54) is 0 Å². The molecule has 5 rings (SSSR count). The lowest BCUT2D eigenvalue weighted by Crippen LogP contribution is -2.55. The second-order valence-electron chi connectivity index (χ2n) is 7.65. The summed E-state index contributed by atoms with van der Waals surface area (Å²) in [5, 5.41) is 8.09. The number of hydrogen-bond donors (Lipinski definition) is 0. The predicted molar refractivity (Wildman–Crippen MR) is 104 cm³/mol. The average molecular weight is 391 g/mol. The number of hydrogen-bond acceptors (Lipinski definition) is 5. The van der Waals surface area contributed by atoms with Crippen LogP contribution in [0.4, 0.5) is 0 Å². The maximum atomic E-state index is 13.1. The van der Waals surface area contributed by atoms with Gasteiger partial charge in [-0.1, -0.05) is 41.6 Å². The molecule has 29 heavy (non-hydrogen) atoms. The smallest absolute Gasteiger partial charge is 0.276 e. The fourth-order valence-electron chi connectivity index (χ4n) is 4.15. The van der Waals surface area contributed by atoms with Gasteiger partial charge in [-0.2, -0.15) is 0 Å². The second-order valence-corrected chi connectivity index (χ2v) is 7.65. The number of benzene rings is 1. The molecule has 2 aromatic heterocycles. The van der Waals surface area contributed by atoms with E-state index in [-0.39, 0.29) is 18.4 Å². The van der Waals surface area contributed by atoms with Crippen molar-refractivity contribution in [3.63, 3.8) is 0 Å². The number of pyridine rings is 1. The van der Waals surface area contributed by atoms with Crippen LogP contribution in [0.5, 0.6) is 0 Å². The second kappa shape index (κ2) is 6.97. The lowest BCUT2D eigenvalue weighted by molar-refractivity contribution is -0.162. The van der Waals surface area contributed by atoms with Gasteiger partial charge in [-0.15, -0.1) is 5.10 Å². The number of carbonyl (C=O) groups is 2. The highest BCUT2D eigenvalue weighted by molar-refractivity contribution is 5.98. The van der Waals surface area contributed by atoms with Crippen LogP contribution in [0, 0.1) is 0 Å². The minimum absolute atomic E-state index is 0.0199. The lowest BCUT2D eigenvalue weighted by atomic mass is 10.00. The van der Waals surface area contributed by atoms with Gasteiger partial charge in [0.05, 0.1) is 18.6 Å². The summed E-state index contributed by atoms with van der Waals surface area (Å²) in [5.74, 6) is -0.174. The summed E-state index contributed by atoms with van der Waals surface area (Å²) in [7, 11) is 0. The molecule has 1 aromatic carbocycles. The van der Waals surface area contributed by atoms with Gasteiger partial charge in [0, 0.05) is 19.3 Å². The van der Waals surface area contributed by atoms with Crippen molar-refractivity contribution >= 4 is 17.3 Å². The highest BCUT2D eigenvalue weighted by Gasteiger charge is 2.46. The van der Waals surface area contributed by atoms with E-state index < -0.39 is 5.60 Å². The Balaban J connectivity index is 1.32. The summed E-state index contributed by atoms with van der Waals surface area (Å²) in [5.41, 5.74) is 1.58. The first-order valence-electron chi connectivity index (χ1n) is 9.69. The molecule has 8 heteroatoms. The van der Waals surface area contributed by atoms with E-state index >= 15 is 0 Å². The van der Waals surface area contributed by atoms with Gasteiger partial charge in [0.1, 0.15) is 12.2 Å². The molecule has 0 saturated carbocycles. The fourth-order valence-corrected chi connectivity index (χ4v) is 4.15. The molecule has 0 N–H and O–H groups in total. The van der Waals surface area contributed by atoms with E-state index in [9.17, 15) is 9.59 Å². The number of morpholine rings is 1. The number of aromatic nitrogens is 3. The fraction of sp³-hybridized carbons (Fsp3) is 0.333. The van der Waals surface area contributed by atoms with Gasteiger partial charge in [-0.25, -0.2) is 4.52 Å². The molecule has 148 valence electrons. The molecular formula is C21H21N5O3. The monoisotopic (exact) mass is 391 g/mol. The van der Waals surface area contributed by atoms with Crippen molar-refractivity contribution in [3.05, 3.63) is 66.0 Å². The summed E-state index contributed by atoms with van der Waals surface area (Å²) >= 11 is 0. The number of carbonyl (C=O) groups excluding carboxylic acids is 2. The SMILES string of the molecule is O=C1COC2(CCN(C(=O)c3nnn4ccccc34)C2)CN1Cc1ccccc1. The number of amides is 2. The van der Waals surface area contributed by atoms with E-state index in [2.05, 4.69) is 10.3 Å². The Bertz CT molecular complexity index is 1070. The Hall–Kier alpha value is -3.26. The van der Waals surface area contributed by atoms with Gasteiger partial charge in [0.25, 0.3) is 5.91 Å². The first kappa shape index (κ1) is 17.8. The maximum absolute atomic E-state index is 13.1. The molecule has 2 aliphatic rings. The van der Waals surface area contributed by atoms with Gasteiger partial charge in [0.2, 0.25) is 5.91 Å². The molecule has 0 aliphatic carbocycles. The van der Waals surface area contributed by atoms with Gasteiger partial charge in [-0.05, 0) is 24.1 Å². The minimum Gasteiger partial charge on any atom is -0.361 e. The zero-order chi connectivity index (χ0) is 19.8. The number of rotatable bonds is 3. The Labute approximate surface area is 167 Å². The van der Waals surface area contributed by atoms with Gasteiger partial charge >= 0.3 is 0 Å². The molecule has 2 saturated heterocycles. The minimum atomic E-state index is -0.526. The number of fused-ring (bicyclic) bond motifs is 1. The van der Waals surface area contributed by atoms with Gasteiger partial charge < -0.3 is 14.5 Å². The largest absolute Gasteiger partial charge is 0.361 e. The first-order valence-corrected chi connectivity index (χ1v) is 9.69. The van der Waals surface area contributed by atoms with Crippen molar-refractivity contribution in [1.82, 2.24) is 24.6 Å². The van der Waals surface area contributed by atoms with Gasteiger partial charge in [0.15, 0.2) is 5.69 Å². The Morgan fingerprint density at radius 3 is 2.79 bits per heavy atom. The van der Waals surface area contributed by atoms with E-state index in [1.807, 2.05) is 53.4 Å². The topological polar surface area (TPSA) is 80.0 Å². The molecule has 1 unspecified atom stereocenters. The van der Waals surface area contributed by atoms with Crippen molar-refractivity contribution in [2.24, 2.45) is 0 Å². The van der Waals surface area contributed by atoms with Crippen LogP contribution in [0.25, 0.3) is 5.52 Å². The van der Waals surface area contributed by atoms with Crippen LogP contribution < -0.4 is 0 Å². The predicted octanol–water partition coefficient (Wildman–Crippen LogP) is 1.37. The van der Waals surface area contributed by atoms with Crippen molar-refractivity contribution in [1.29, 1.82) is 0 Å². The zero-order valence-corrected chi connectivity index (χ0v) is 15.9. The number of likely N-dealkylation sites (tertiary alicyclic amines) is 1. The van der Waals surface area contributed by atoms with E-state index in [1.54, 1.807) is 15.6 Å². The van der Waals surface area contributed by atoms with Crippen LogP contribution >= 0.6 is 0 Å². The van der Waals surface area contributed by atoms with Crippen LogP contribution in [0.2, 0.25) is 0 Å². The molecule has 1 spiro atoms. The average Bonchev–Trinajstić information content (AvgIpc) is 3.36. The number of ether oxygens (including phenoxy) is 1. The lowest BCUT2D eigenvalue weighted by Gasteiger charge is -2.40. The molecular weight excluding hydrogens is 370 g/mol. The Morgan fingerprint density at radius 2 is 1.93 bits per heavy atom. The quantitative estimate of drug-likeness (QED) is 0.674. The molecule has 0 radical (unpaired) electrons. The third-order valence-corrected chi connectivity index (χ3v) is 5.68. The molecule has 3 aromatic rings. The van der Waals surface area contributed by atoms with E-state index in [4.69, 9.17) is 4.74 Å². The summed E-state index contributed by atoms with van der Waals surface area (Å²) in [6.07, 6.45) is 2.46. The first-order chi connectivity index (χ1) is 14.1. The summed E-state index contributed by atoms with van der Waals surface area (Å²) in [6.45, 7) is 2.08. The highest BCUT2D eigenvalue weighted by Crippen LogP contribution is 2.31. The van der Waals surface area contributed by atoms with Crippen LogP contribution in [0.3, 0.4) is 0 Å². The van der Waals surface area contributed by atoms with Crippen molar-refractivity contribution < 1.29 is 14.3 Å². The Kier molecular flexibility index (Phi) is 4.28. The summed E-state index contributed by atoms with van der Waals surface area (Å²) in [4.78, 5) is 29.0. The van der Waals surface area contributed by atoms with E-state index in [0.29, 0.717) is 43.8 Å². The molecule has 2 aliphatic heterocycles. The zero-order valence-electron chi connectivity index (χ0n) is 15.9. The van der Waals surface area contributed by atoms with Crippen LogP contribution in [0.1, 0.15) is 22.5 Å². The standard InChI is InChI=1S/C21H21N5O3/c27-18-13-29-21(15-25(18)12-16-6-2-1-3-7-16)9-11-24(14-21)20(28)19-17-8-4-5-10-26(17)23-22-19/h1-8,10H,9,11-15H2. The number of nitrogens with zero attached hydrogens (tertiary/aromatic N) is 5.